The molecule has 10 nitrogen and oxygen atoms in total. The van der Waals surface area contributed by atoms with E-state index in [-0.39, 0.29) is 18.7 Å². The Morgan fingerprint density at radius 2 is 1.72 bits per heavy atom. The lowest BCUT2D eigenvalue weighted by Crippen LogP contribution is -2.52. The van der Waals surface area contributed by atoms with Crippen molar-refractivity contribution in [3.05, 3.63) is 66.1 Å². The molecule has 2 atom stereocenters. The maximum absolute atomic E-state index is 13.1. The molecule has 0 unspecified atom stereocenters. The molecule has 10 heteroatoms. The minimum atomic E-state index is -1.15. The minimum absolute atomic E-state index is 0.0347. The monoisotopic (exact) mass is 490 g/mol. The number of imidazole rings is 1. The molecule has 7 N–H and O–H groups in total. The van der Waals surface area contributed by atoms with Gasteiger partial charge in [-0.15, -0.1) is 0 Å². The van der Waals surface area contributed by atoms with Gasteiger partial charge in [0.25, 0.3) is 0 Å². The first-order chi connectivity index (χ1) is 17.4. The number of nitrogens with two attached hydrogens (primary N) is 1. The summed E-state index contributed by atoms with van der Waals surface area (Å²) in [4.78, 5) is 48.5. The molecule has 0 aliphatic carbocycles. The molecule has 0 aliphatic rings. The third kappa shape index (κ3) is 6.08. The van der Waals surface area contributed by atoms with Crippen LogP contribution in [0.5, 0.6) is 0 Å². The van der Waals surface area contributed by atoms with Gasteiger partial charge in [0.15, 0.2) is 0 Å². The topological polar surface area (TPSA) is 166 Å². The van der Waals surface area contributed by atoms with Gasteiger partial charge in [-0.3, -0.25) is 9.59 Å². The van der Waals surface area contributed by atoms with Gasteiger partial charge in [0.05, 0.1) is 17.5 Å². The van der Waals surface area contributed by atoms with Crippen LogP contribution in [0.3, 0.4) is 0 Å². The third-order valence-electron chi connectivity index (χ3n) is 6.08. The molecule has 0 fully saturated rings. The highest BCUT2D eigenvalue weighted by atomic mass is 16.4. The number of aromatic amines is 2. The van der Waals surface area contributed by atoms with E-state index < -0.39 is 24.0 Å². The van der Waals surface area contributed by atoms with Crippen LogP contribution in [0.15, 0.2) is 54.7 Å². The van der Waals surface area contributed by atoms with Crippen molar-refractivity contribution >= 4 is 39.7 Å². The molecule has 0 aliphatic heterocycles. The van der Waals surface area contributed by atoms with Crippen molar-refractivity contribution in [3.8, 4) is 0 Å². The largest absolute Gasteiger partial charge is 0.480 e. The molecule has 36 heavy (non-hydrogen) atoms. The number of hydrogen-bond acceptors (Lipinski definition) is 5. The Morgan fingerprint density at radius 3 is 2.47 bits per heavy atom. The van der Waals surface area contributed by atoms with E-state index in [0.29, 0.717) is 31.6 Å². The number of rotatable bonds is 12. The van der Waals surface area contributed by atoms with Gasteiger partial charge in [0.2, 0.25) is 11.8 Å². The van der Waals surface area contributed by atoms with Crippen LogP contribution in [0, 0.1) is 0 Å². The molecule has 4 aromatic rings. The molecule has 2 heterocycles. The van der Waals surface area contributed by atoms with Gasteiger partial charge in [-0.1, -0.05) is 30.3 Å². The number of nitrogens with zero attached hydrogens (tertiary/aromatic N) is 1. The summed E-state index contributed by atoms with van der Waals surface area (Å²) < 4.78 is 0. The van der Waals surface area contributed by atoms with E-state index in [1.54, 1.807) is 6.20 Å². The standard InChI is InChI=1S/C26H30N6O4/c27-12-6-5-11-21(31-24(33)14-23-29-19-9-3-4-10-20(19)30-23)25(34)32-22(26(35)36)13-16-15-28-18-8-2-1-7-17(16)18/h1-4,7-10,15,21-22,28H,5-6,11-14,27H2,(H,29,30)(H,31,33)(H,32,34)(H,35,36)/t21-,22-/m0/s1. The first-order valence-corrected chi connectivity index (χ1v) is 12.0. The van der Waals surface area contributed by atoms with Crippen molar-refractivity contribution in [2.45, 2.75) is 44.2 Å². The van der Waals surface area contributed by atoms with E-state index in [2.05, 4.69) is 25.6 Å². The lowest BCUT2D eigenvalue weighted by molar-refractivity contribution is -0.142. The number of para-hydroxylation sites is 3. The number of carbonyl (C=O) groups excluding carboxylic acids is 2. The fraction of sp³-hybridized carbons (Fsp3) is 0.308. The Bertz CT molecular complexity index is 1330. The second kappa shape index (κ2) is 11.5. The molecule has 0 spiro atoms. The van der Waals surface area contributed by atoms with Crippen molar-refractivity contribution < 1.29 is 19.5 Å². The van der Waals surface area contributed by atoms with Crippen molar-refractivity contribution in [1.29, 1.82) is 0 Å². The number of carboxylic acid groups (broad SMARTS) is 1. The van der Waals surface area contributed by atoms with E-state index in [4.69, 9.17) is 5.73 Å². The minimum Gasteiger partial charge on any atom is -0.480 e. The van der Waals surface area contributed by atoms with Crippen LogP contribution in [0.4, 0.5) is 0 Å². The summed E-state index contributed by atoms with van der Waals surface area (Å²) in [5.74, 6) is -1.59. The van der Waals surface area contributed by atoms with Crippen LogP contribution >= 0.6 is 0 Å². The van der Waals surface area contributed by atoms with E-state index in [9.17, 15) is 19.5 Å². The summed E-state index contributed by atoms with van der Waals surface area (Å²) in [5.41, 5.74) is 8.83. The zero-order valence-electron chi connectivity index (χ0n) is 19.8. The number of benzene rings is 2. The van der Waals surface area contributed by atoms with Crippen LogP contribution in [-0.4, -0.2) is 56.5 Å². The fourth-order valence-corrected chi connectivity index (χ4v) is 4.24. The second-order valence-corrected chi connectivity index (χ2v) is 8.75. The number of hydrogen-bond donors (Lipinski definition) is 6. The van der Waals surface area contributed by atoms with Crippen LogP contribution < -0.4 is 16.4 Å². The highest BCUT2D eigenvalue weighted by Crippen LogP contribution is 2.19. The summed E-state index contributed by atoms with van der Waals surface area (Å²) in [5, 5.41) is 16.1. The first-order valence-electron chi connectivity index (χ1n) is 12.0. The number of aromatic nitrogens is 3. The Balaban J connectivity index is 1.43. The SMILES string of the molecule is NCCCC[C@H](NC(=O)Cc1nc2ccccc2[nH]1)C(=O)N[C@@H](Cc1c[nH]c2ccccc12)C(=O)O. The molecule has 0 bridgehead atoms. The normalized spacial score (nSPS) is 12.9. The Labute approximate surface area is 207 Å². The Hall–Kier alpha value is -4.18. The van der Waals surface area contributed by atoms with E-state index in [1.807, 2.05) is 48.5 Å². The second-order valence-electron chi connectivity index (χ2n) is 8.75. The summed E-state index contributed by atoms with van der Waals surface area (Å²) in [6.45, 7) is 0.458. The number of nitrogens with one attached hydrogen (secondary N) is 4. The lowest BCUT2D eigenvalue weighted by atomic mass is 10.0. The molecular weight excluding hydrogens is 460 g/mol. The maximum Gasteiger partial charge on any atom is 0.326 e. The van der Waals surface area contributed by atoms with Gasteiger partial charge in [0, 0.05) is 23.5 Å². The van der Waals surface area contributed by atoms with Crippen LogP contribution in [0.25, 0.3) is 21.9 Å². The summed E-state index contributed by atoms with van der Waals surface area (Å²) in [6, 6.07) is 13.0. The fourth-order valence-electron chi connectivity index (χ4n) is 4.24. The third-order valence-corrected chi connectivity index (χ3v) is 6.08. The predicted octanol–water partition coefficient (Wildman–Crippen LogP) is 2.01. The van der Waals surface area contributed by atoms with Crippen molar-refractivity contribution in [3.63, 3.8) is 0 Å². The summed E-state index contributed by atoms with van der Waals surface area (Å²) >= 11 is 0. The number of carboxylic acids is 1. The molecular formula is C26H30N6O4. The Morgan fingerprint density at radius 1 is 0.972 bits per heavy atom. The molecule has 4 rings (SSSR count). The van der Waals surface area contributed by atoms with Crippen molar-refractivity contribution in [2.75, 3.05) is 6.54 Å². The van der Waals surface area contributed by atoms with Crippen LogP contribution in [0.2, 0.25) is 0 Å². The number of H-pyrrole nitrogens is 2. The highest BCUT2D eigenvalue weighted by molar-refractivity contribution is 5.91. The van der Waals surface area contributed by atoms with Gasteiger partial charge in [-0.25, -0.2) is 9.78 Å². The first kappa shape index (κ1) is 24.9. The van der Waals surface area contributed by atoms with Gasteiger partial charge in [-0.2, -0.15) is 0 Å². The zero-order valence-corrected chi connectivity index (χ0v) is 19.8. The molecule has 0 saturated carbocycles. The van der Waals surface area contributed by atoms with Gasteiger partial charge in [0.1, 0.15) is 17.9 Å². The number of aliphatic carboxylic acids is 1. The number of amides is 2. The lowest BCUT2D eigenvalue weighted by Gasteiger charge is -2.21. The molecule has 188 valence electrons. The summed E-state index contributed by atoms with van der Waals surface area (Å²) in [7, 11) is 0. The van der Waals surface area contributed by atoms with E-state index >= 15 is 0 Å². The zero-order chi connectivity index (χ0) is 25.5. The Kier molecular flexibility index (Phi) is 7.96. The summed E-state index contributed by atoms with van der Waals surface area (Å²) in [6.07, 6.45) is 3.45. The number of unbranched alkanes of at least 4 members (excludes halogenated alkanes) is 1. The quantitative estimate of drug-likeness (QED) is 0.166. The molecule has 2 aromatic heterocycles. The molecule has 0 saturated heterocycles. The van der Waals surface area contributed by atoms with Crippen LogP contribution in [-0.2, 0) is 27.2 Å². The van der Waals surface area contributed by atoms with Crippen LogP contribution in [0.1, 0.15) is 30.7 Å². The average molecular weight is 491 g/mol. The number of carbonyl (C=O) groups is 3. The number of fused-ring (bicyclic) bond motifs is 2. The molecule has 0 radical (unpaired) electrons. The van der Waals surface area contributed by atoms with E-state index in [1.165, 1.54) is 0 Å². The smallest absolute Gasteiger partial charge is 0.326 e. The van der Waals surface area contributed by atoms with Gasteiger partial charge < -0.3 is 31.4 Å². The molecule has 2 amide bonds. The van der Waals surface area contributed by atoms with Gasteiger partial charge in [-0.05, 0) is 49.6 Å². The van der Waals surface area contributed by atoms with E-state index in [0.717, 1.165) is 27.5 Å². The highest BCUT2D eigenvalue weighted by Gasteiger charge is 2.27. The van der Waals surface area contributed by atoms with Crippen molar-refractivity contribution in [1.82, 2.24) is 25.6 Å². The van der Waals surface area contributed by atoms with Crippen molar-refractivity contribution in [2.24, 2.45) is 5.73 Å². The maximum atomic E-state index is 13.1. The molecule has 2 aromatic carbocycles. The van der Waals surface area contributed by atoms with Gasteiger partial charge >= 0.3 is 5.97 Å². The average Bonchev–Trinajstić information content (AvgIpc) is 3.46. The predicted molar refractivity (Wildman–Crippen MR) is 136 cm³/mol.